The number of quaternary nitrogens is 1. The number of hydrogen-bond donors (Lipinski definition) is 2. The van der Waals surface area contributed by atoms with Crippen molar-refractivity contribution in [2.45, 2.75) is 296 Å². The summed E-state index contributed by atoms with van der Waals surface area (Å²) in [5, 5.41) is 3.05. The third kappa shape index (κ3) is 47.8. The summed E-state index contributed by atoms with van der Waals surface area (Å²) in [7, 11) is 1.51. The number of nitrogens with one attached hydrogen (secondary N) is 1. The first kappa shape index (κ1) is 64.8. The second-order valence-electron chi connectivity index (χ2n) is 20.8. The van der Waals surface area contributed by atoms with Gasteiger partial charge < -0.3 is 19.4 Å². The van der Waals surface area contributed by atoms with Crippen LogP contribution < -0.4 is 5.32 Å². The van der Waals surface area contributed by atoms with E-state index in [2.05, 4.69) is 26.1 Å². The van der Waals surface area contributed by atoms with Crippen molar-refractivity contribution in [3.63, 3.8) is 0 Å². The number of phosphoric ester groups is 1. The minimum absolute atomic E-state index is 0.0454. The molecule has 9 nitrogen and oxygen atoms in total. The lowest BCUT2D eigenvalue weighted by Gasteiger charge is -2.27. The predicted octanol–water partition coefficient (Wildman–Crippen LogP) is 16.8. The van der Waals surface area contributed by atoms with Gasteiger partial charge in [-0.05, 0) is 31.8 Å². The first-order valence-electron chi connectivity index (χ1n) is 28.5. The molecule has 3 atom stereocenters. The average molecular weight is 956 g/mol. The van der Waals surface area contributed by atoms with Crippen LogP contribution in [0.3, 0.4) is 0 Å². The van der Waals surface area contributed by atoms with Crippen LogP contribution in [0.5, 0.6) is 0 Å². The number of carbonyl (C=O) groups excluding carboxylic acids is 2. The van der Waals surface area contributed by atoms with Crippen molar-refractivity contribution in [1.82, 2.24) is 5.32 Å². The van der Waals surface area contributed by atoms with Crippen molar-refractivity contribution >= 4 is 19.7 Å². The number of likely N-dealkylation sites (N-methyl/N-ethyl adjacent to an activating group) is 1. The highest BCUT2D eigenvalue weighted by Gasteiger charge is 2.30. The van der Waals surface area contributed by atoms with Gasteiger partial charge in [0.15, 0.2) is 0 Å². The summed E-state index contributed by atoms with van der Waals surface area (Å²) in [6.07, 6.45) is 52.0. The summed E-state index contributed by atoms with van der Waals surface area (Å²) in [5.74, 6) is -0.489. The number of carbonyl (C=O) groups is 2. The number of phosphoric acid groups is 1. The number of rotatable bonds is 52. The van der Waals surface area contributed by atoms with E-state index in [1.165, 1.54) is 193 Å². The van der Waals surface area contributed by atoms with Crippen LogP contribution in [0.1, 0.15) is 284 Å². The molecule has 66 heavy (non-hydrogen) atoms. The third-order valence-electron chi connectivity index (χ3n) is 13.0. The largest absolute Gasteiger partial charge is 0.472 e. The number of hydrogen-bond acceptors (Lipinski definition) is 6. The van der Waals surface area contributed by atoms with Crippen LogP contribution in [0, 0.1) is 0 Å². The van der Waals surface area contributed by atoms with Gasteiger partial charge in [-0.25, -0.2) is 4.57 Å². The number of ether oxygens (including phenoxy) is 1. The van der Waals surface area contributed by atoms with Crippen LogP contribution in [0.25, 0.3) is 0 Å². The average Bonchev–Trinajstić information content (AvgIpc) is 3.27. The summed E-state index contributed by atoms with van der Waals surface area (Å²) in [6, 6.07) is -0.837. The second kappa shape index (κ2) is 47.4. The van der Waals surface area contributed by atoms with Crippen molar-refractivity contribution < 1.29 is 37.3 Å². The number of allylic oxidation sites excluding steroid dienone is 1. The second-order valence-corrected chi connectivity index (χ2v) is 22.3. The highest BCUT2D eigenvalue weighted by atomic mass is 31.2. The maximum Gasteiger partial charge on any atom is 0.472 e. The molecule has 0 saturated heterocycles. The van der Waals surface area contributed by atoms with E-state index in [4.69, 9.17) is 13.8 Å². The van der Waals surface area contributed by atoms with E-state index in [-0.39, 0.29) is 25.1 Å². The van der Waals surface area contributed by atoms with E-state index < -0.39 is 20.0 Å². The molecule has 0 aromatic heterocycles. The SMILES string of the molecule is CCCCCCCCCCC/C=C/C(OC(=O)CCCCCCCCCCCCCCC)C(COP(=O)(O)OCC[N+](C)(C)C)NC(=O)CCCCCCCCCCCCCCCCCC. The Labute approximate surface area is 410 Å². The molecule has 392 valence electrons. The van der Waals surface area contributed by atoms with Crippen molar-refractivity contribution in [2.24, 2.45) is 0 Å². The number of nitrogens with zero attached hydrogens (tertiary/aromatic N) is 1. The Morgan fingerprint density at radius 2 is 0.864 bits per heavy atom. The van der Waals surface area contributed by atoms with Gasteiger partial charge >= 0.3 is 13.8 Å². The molecule has 0 aromatic rings. The Morgan fingerprint density at radius 3 is 1.24 bits per heavy atom. The topological polar surface area (TPSA) is 111 Å². The zero-order valence-corrected chi connectivity index (χ0v) is 45.6. The quantitative estimate of drug-likeness (QED) is 0.0205. The van der Waals surface area contributed by atoms with Gasteiger partial charge in [-0.2, -0.15) is 0 Å². The molecule has 3 unspecified atom stereocenters. The van der Waals surface area contributed by atoms with Gasteiger partial charge in [0, 0.05) is 12.8 Å². The molecule has 0 rings (SSSR count). The Bertz CT molecular complexity index is 1150. The lowest BCUT2D eigenvalue weighted by Crippen LogP contribution is -2.47. The highest BCUT2D eigenvalue weighted by molar-refractivity contribution is 7.47. The molecule has 0 spiro atoms. The minimum atomic E-state index is -4.43. The standard InChI is InChI=1S/C56H111N2O7P/c1-7-10-13-16-19-22-25-27-28-29-31-33-36-39-42-45-48-55(59)57-53(52-64-66(61,62)63-51-50-58(4,5)6)54(47-44-41-38-35-32-24-21-18-15-12-9-3)65-56(60)49-46-43-40-37-34-30-26-23-20-17-14-11-8-2/h44,47,53-54H,7-43,45-46,48-52H2,1-6H3,(H-,57,59,61,62)/p+1/b47-44+. The Hall–Kier alpha value is -1.25. The van der Waals surface area contributed by atoms with Crippen molar-refractivity contribution in [1.29, 1.82) is 0 Å². The van der Waals surface area contributed by atoms with Gasteiger partial charge in [0.2, 0.25) is 5.91 Å². The summed E-state index contributed by atoms with van der Waals surface area (Å²) < 4.78 is 30.6. The van der Waals surface area contributed by atoms with E-state index >= 15 is 0 Å². The van der Waals surface area contributed by atoms with Crippen LogP contribution in [0.2, 0.25) is 0 Å². The first-order valence-corrected chi connectivity index (χ1v) is 30.0. The molecule has 2 N–H and O–H groups in total. The Balaban J connectivity index is 5.28. The zero-order valence-electron chi connectivity index (χ0n) is 44.7. The van der Waals surface area contributed by atoms with Gasteiger partial charge in [0.05, 0.1) is 33.8 Å². The molecule has 0 saturated carbocycles. The molecule has 0 aliphatic rings. The minimum Gasteiger partial charge on any atom is -0.456 e. The molecule has 10 heteroatoms. The van der Waals surface area contributed by atoms with Crippen LogP contribution in [0.15, 0.2) is 12.2 Å². The summed E-state index contributed by atoms with van der Waals surface area (Å²) in [4.78, 5) is 37.5. The van der Waals surface area contributed by atoms with Crippen molar-refractivity contribution in [3.8, 4) is 0 Å². The normalized spacial score (nSPS) is 13.9. The van der Waals surface area contributed by atoms with Crippen LogP contribution in [-0.2, 0) is 27.9 Å². The molecule has 0 heterocycles. The van der Waals surface area contributed by atoms with E-state index in [0.29, 0.717) is 23.9 Å². The Kier molecular flexibility index (Phi) is 46.5. The molecule has 0 fully saturated rings. The monoisotopic (exact) mass is 956 g/mol. The molecular weight excluding hydrogens is 844 g/mol. The fourth-order valence-corrected chi connectivity index (χ4v) is 9.27. The van der Waals surface area contributed by atoms with Crippen molar-refractivity contribution in [2.75, 3.05) is 40.9 Å². The third-order valence-corrected chi connectivity index (χ3v) is 14.0. The van der Waals surface area contributed by atoms with Gasteiger partial charge in [0.25, 0.3) is 0 Å². The summed E-state index contributed by atoms with van der Waals surface area (Å²) >= 11 is 0. The fraction of sp³-hybridized carbons (Fsp3) is 0.929. The van der Waals surface area contributed by atoms with Gasteiger partial charge in [-0.1, -0.05) is 252 Å². The summed E-state index contributed by atoms with van der Waals surface area (Å²) in [6.45, 7) is 7.04. The molecule has 0 aliphatic carbocycles. The number of unbranched alkanes of at least 4 members (excludes halogenated alkanes) is 36. The van der Waals surface area contributed by atoms with Crippen LogP contribution in [0.4, 0.5) is 0 Å². The van der Waals surface area contributed by atoms with Crippen LogP contribution in [-0.4, -0.2) is 74.3 Å². The maximum absolute atomic E-state index is 13.5. The van der Waals surface area contributed by atoms with E-state index in [0.717, 1.165) is 57.8 Å². The van der Waals surface area contributed by atoms with E-state index in [1.807, 2.05) is 33.3 Å². The molecular formula is C56H112N2O7P+. The predicted molar refractivity (Wildman–Crippen MR) is 282 cm³/mol. The van der Waals surface area contributed by atoms with Crippen LogP contribution >= 0.6 is 7.82 Å². The molecule has 0 aromatic carbocycles. The zero-order chi connectivity index (χ0) is 48.7. The molecule has 0 radical (unpaired) electrons. The number of esters is 1. The van der Waals surface area contributed by atoms with E-state index in [9.17, 15) is 19.0 Å². The molecule has 0 aliphatic heterocycles. The van der Waals surface area contributed by atoms with Gasteiger partial charge in [0.1, 0.15) is 19.3 Å². The molecule has 1 amide bonds. The van der Waals surface area contributed by atoms with Gasteiger partial charge in [-0.3, -0.25) is 18.6 Å². The lowest BCUT2D eigenvalue weighted by atomic mass is 10.0. The van der Waals surface area contributed by atoms with E-state index in [1.54, 1.807) is 0 Å². The fourth-order valence-electron chi connectivity index (χ4n) is 8.53. The molecule has 0 bridgehead atoms. The Morgan fingerprint density at radius 1 is 0.515 bits per heavy atom. The highest BCUT2D eigenvalue weighted by Crippen LogP contribution is 2.43. The number of amides is 1. The lowest BCUT2D eigenvalue weighted by molar-refractivity contribution is -0.870. The first-order chi connectivity index (χ1) is 31.9. The maximum atomic E-state index is 13.5. The van der Waals surface area contributed by atoms with Gasteiger partial charge in [-0.15, -0.1) is 0 Å². The smallest absolute Gasteiger partial charge is 0.456 e. The van der Waals surface area contributed by atoms with Crippen molar-refractivity contribution in [3.05, 3.63) is 12.2 Å². The summed E-state index contributed by atoms with van der Waals surface area (Å²) in [5.41, 5.74) is 0.